The summed E-state index contributed by atoms with van der Waals surface area (Å²) in [4.78, 5) is 12.2. The lowest BCUT2D eigenvalue weighted by Gasteiger charge is -2.19. The summed E-state index contributed by atoms with van der Waals surface area (Å²) in [5.41, 5.74) is 0.784. The Morgan fingerprint density at radius 2 is 1.19 bits per heavy atom. The second-order valence-corrected chi connectivity index (χ2v) is 9.11. The standard InChI is InChI=1S/C22H22NO2P/c24-22(23-19-11-4-1-5-12-19)17-10-18-26(25,20-13-6-2-7-14-20)21-15-8-3-9-16-21/h1-9,11-16H,10,17-18H2,(H,23,24). The molecule has 132 valence electrons. The van der Waals surface area contributed by atoms with E-state index in [1.807, 2.05) is 91.0 Å². The molecule has 0 saturated carbocycles. The maximum Gasteiger partial charge on any atom is 0.224 e. The first-order valence-corrected chi connectivity index (χ1v) is 10.6. The van der Waals surface area contributed by atoms with Crippen molar-refractivity contribution in [1.82, 2.24) is 0 Å². The molecule has 3 aromatic rings. The molecular weight excluding hydrogens is 341 g/mol. The fourth-order valence-electron chi connectivity index (χ4n) is 2.95. The summed E-state index contributed by atoms with van der Waals surface area (Å²) in [7, 11) is -2.74. The predicted octanol–water partition coefficient (Wildman–Crippen LogP) is 4.42. The quantitative estimate of drug-likeness (QED) is 0.632. The molecule has 3 rings (SSSR count). The lowest BCUT2D eigenvalue weighted by molar-refractivity contribution is -0.116. The summed E-state index contributed by atoms with van der Waals surface area (Å²) in [6.45, 7) is 0. The summed E-state index contributed by atoms with van der Waals surface area (Å²) in [5.74, 6) is -0.0520. The van der Waals surface area contributed by atoms with E-state index in [0.717, 1.165) is 16.3 Å². The summed E-state index contributed by atoms with van der Waals surface area (Å²) >= 11 is 0. The van der Waals surface area contributed by atoms with Crippen molar-refractivity contribution < 1.29 is 9.36 Å². The number of benzene rings is 3. The highest BCUT2D eigenvalue weighted by molar-refractivity contribution is 7.78. The minimum Gasteiger partial charge on any atom is -0.326 e. The molecule has 0 aromatic heterocycles. The first-order chi connectivity index (χ1) is 12.7. The van der Waals surface area contributed by atoms with Crippen LogP contribution in [0, 0.1) is 0 Å². The van der Waals surface area contributed by atoms with Gasteiger partial charge in [-0.2, -0.15) is 0 Å². The van der Waals surface area contributed by atoms with E-state index < -0.39 is 7.14 Å². The SMILES string of the molecule is O=C(CCCP(=O)(c1ccccc1)c1ccccc1)Nc1ccccc1. The van der Waals surface area contributed by atoms with E-state index in [1.54, 1.807) is 0 Å². The van der Waals surface area contributed by atoms with Gasteiger partial charge in [-0.15, -0.1) is 0 Å². The van der Waals surface area contributed by atoms with Crippen molar-refractivity contribution in [2.75, 3.05) is 11.5 Å². The summed E-state index contributed by atoms with van der Waals surface area (Å²) in [5, 5.41) is 4.56. The average molecular weight is 363 g/mol. The van der Waals surface area contributed by atoms with Gasteiger partial charge in [0.15, 0.2) is 0 Å². The van der Waals surface area contributed by atoms with Crippen LogP contribution in [0.3, 0.4) is 0 Å². The highest BCUT2D eigenvalue weighted by atomic mass is 31.2. The fraction of sp³-hybridized carbons (Fsp3) is 0.136. The molecule has 0 heterocycles. The Labute approximate surface area is 154 Å². The van der Waals surface area contributed by atoms with E-state index in [0.29, 0.717) is 19.0 Å². The minimum atomic E-state index is -2.74. The van der Waals surface area contributed by atoms with Gasteiger partial charge in [0, 0.05) is 28.9 Å². The maximum absolute atomic E-state index is 13.8. The largest absolute Gasteiger partial charge is 0.326 e. The summed E-state index contributed by atoms with van der Waals surface area (Å²) < 4.78 is 13.8. The molecule has 3 nitrogen and oxygen atoms in total. The van der Waals surface area contributed by atoms with Crippen LogP contribution in [-0.2, 0) is 9.36 Å². The van der Waals surface area contributed by atoms with Gasteiger partial charge in [0.25, 0.3) is 0 Å². The van der Waals surface area contributed by atoms with Gasteiger partial charge in [0.05, 0.1) is 0 Å². The van der Waals surface area contributed by atoms with Crippen molar-refractivity contribution in [3.8, 4) is 0 Å². The van der Waals surface area contributed by atoms with Gasteiger partial charge >= 0.3 is 0 Å². The van der Waals surface area contributed by atoms with Gasteiger partial charge < -0.3 is 9.88 Å². The molecule has 0 unspecified atom stereocenters. The van der Waals surface area contributed by atoms with Crippen molar-refractivity contribution in [3.63, 3.8) is 0 Å². The van der Waals surface area contributed by atoms with E-state index >= 15 is 0 Å². The second kappa shape index (κ2) is 8.64. The first kappa shape index (κ1) is 18.2. The molecule has 0 radical (unpaired) electrons. The molecule has 0 aliphatic heterocycles. The fourth-order valence-corrected chi connectivity index (χ4v) is 5.68. The van der Waals surface area contributed by atoms with Crippen molar-refractivity contribution in [2.45, 2.75) is 12.8 Å². The lowest BCUT2D eigenvalue weighted by Crippen LogP contribution is -2.19. The number of nitrogens with one attached hydrogen (secondary N) is 1. The lowest BCUT2D eigenvalue weighted by atomic mass is 10.3. The molecule has 4 heteroatoms. The van der Waals surface area contributed by atoms with Crippen molar-refractivity contribution in [1.29, 1.82) is 0 Å². The Bertz CT molecular complexity index is 836. The number of carbonyl (C=O) groups is 1. The summed E-state index contributed by atoms with van der Waals surface area (Å²) in [6, 6.07) is 28.5. The van der Waals surface area contributed by atoms with Gasteiger partial charge in [0.1, 0.15) is 7.14 Å². The Morgan fingerprint density at radius 3 is 1.69 bits per heavy atom. The van der Waals surface area contributed by atoms with Crippen LogP contribution in [0.2, 0.25) is 0 Å². The molecule has 0 aliphatic carbocycles. The number of hydrogen-bond donors (Lipinski definition) is 1. The van der Waals surface area contributed by atoms with Crippen LogP contribution in [0.25, 0.3) is 0 Å². The zero-order chi connectivity index (χ0) is 18.2. The van der Waals surface area contributed by atoms with E-state index in [-0.39, 0.29) is 5.91 Å². The van der Waals surface area contributed by atoms with Crippen LogP contribution in [0.15, 0.2) is 91.0 Å². The normalized spacial score (nSPS) is 11.1. The molecule has 0 saturated heterocycles. The van der Waals surface area contributed by atoms with Crippen LogP contribution in [0.5, 0.6) is 0 Å². The van der Waals surface area contributed by atoms with Gasteiger partial charge in [-0.05, 0) is 18.6 Å². The molecule has 0 atom stereocenters. The minimum absolute atomic E-state index is 0.0520. The third-order valence-electron chi connectivity index (χ3n) is 4.28. The van der Waals surface area contributed by atoms with Crippen LogP contribution in [0.1, 0.15) is 12.8 Å². The van der Waals surface area contributed by atoms with Crippen LogP contribution >= 0.6 is 7.14 Å². The van der Waals surface area contributed by atoms with E-state index in [2.05, 4.69) is 5.32 Å². The summed E-state index contributed by atoms with van der Waals surface area (Å²) in [6.07, 6.45) is 1.39. The Balaban J connectivity index is 1.69. The number of rotatable bonds is 7. The van der Waals surface area contributed by atoms with Gasteiger partial charge in [-0.25, -0.2) is 0 Å². The van der Waals surface area contributed by atoms with E-state index in [4.69, 9.17) is 0 Å². The molecule has 0 bridgehead atoms. The maximum atomic E-state index is 13.8. The highest BCUT2D eigenvalue weighted by Gasteiger charge is 2.26. The monoisotopic (exact) mass is 363 g/mol. The third-order valence-corrected chi connectivity index (χ3v) is 7.49. The molecular formula is C22H22NO2P. The zero-order valence-electron chi connectivity index (χ0n) is 14.5. The van der Waals surface area contributed by atoms with Gasteiger partial charge in [-0.3, -0.25) is 4.79 Å². The number of carbonyl (C=O) groups excluding carboxylic acids is 1. The number of anilines is 1. The smallest absolute Gasteiger partial charge is 0.224 e. The van der Waals surface area contributed by atoms with Crippen molar-refractivity contribution in [2.24, 2.45) is 0 Å². The van der Waals surface area contributed by atoms with Crippen molar-refractivity contribution in [3.05, 3.63) is 91.0 Å². The number of hydrogen-bond acceptors (Lipinski definition) is 2. The number of amides is 1. The predicted molar refractivity (Wildman–Crippen MR) is 109 cm³/mol. The van der Waals surface area contributed by atoms with Crippen LogP contribution in [0.4, 0.5) is 5.69 Å². The third kappa shape index (κ3) is 4.50. The molecule has 0 aliphatic rings. The Hall–Kier alpha value is -2.64. The Kier molecular flexibility index (Phi) is 6.04. The topological polar surface area (TPSA) is 46.2 Å². The van der Waals surface area contributed by atoms with Gasteiger partial charge in [0.2, 0.25) is 5.91 Å². The number of para-hydroxylation sites is 1. The van der Waals surface area contributed by atoms with E-state index in [9.17, 15) is 9.36 Å². The highest BCUT2D eigenvalue weighted by Crippen LogP contribution is 2.44. The molecule has 26 heavy (non-hydrogen) atoms. The molecule has 3 aromatic carbocycles. The van der Waals surface area contributed by atoms with E-state index in [1.165, 1.54) is 0 Å². The second-order valence-electron chi connectivity index (χ2n) is 6.15. The first-order valence-electron chi connectivity index (χ1n) is 8.74. The van der Waals surface area contributed by atoms with Crippen LogP contribution in [-0.4, -0.2) is 12.1 Å². The van der Waals surface area contributed by atoms with Gasteiger partial charge in [-0.1, -0.05) is 78.9 Å². The molecule has 1 amide bonds. The average Bonchev–Trinajstić information content (AvgIpc) is 2.70. The van der Waals surface area contributed by atoms with Crippen LogP contribution < -0.4 is 15.9 Å². The molecule has 0 fully saturated rings. The zero-order valence-corrected chi connectivity index (χ0v) is 15.4. The Morgan fingerprint density at radius 1 is 0.731 bits per heavy atom. The molecule has 1 N–H and O–H groups in total. The van der Waals surface area contributed by atoms with Crippen molar-refractivity contribution >= 4 is 29.3 Å². The molecule has 0 spiro atoms.